The van der Waals surface area contributed by atoms with Gasteiger partial charge in [0.2, 0.25) is 0 Å². The molecule has 0 aromatic carbocycles. The van der Waals surface area contributed by atoms with Gasteiger partial charge in [-0.2, -0.15) is 0 Å². The van der Waals surface area contributed by atoms with E-state index in [4.69, 9.17) is 0 Å². The Morgan fingerprint density at radius 2 is 1.48 bits per heavy atom. The minimum absolute atomic E-state index is 0.693. The molecule has 0 aromatic rings. The SMILES string of the molecule is CC(C)C1C=CC2=C1[Si](C)(C)C1=CC([C@@H]3C[C@H](C)CC[C@H]3C(C)C)C=C1[Si]2(C)C. The monoisotopic (exact) mass is 424 g/mol. The summed E-state index contributed by atoms with van der Waals surface area (Å²) in [4.78, 5) is 0. The van der Waals surface area contributed by atoms with Crippen molar-refractivity contribution in [2.24, 2.45) is 41.4 Å². The van der Waals surface area contributed by atoms with Gasteiger partial charge < -0.3 is 0 Å². The maximum atomic E-state index is 2.83. The van der Waals surface area contributed by atoms with Crippen molar-refractivity contribution in [1.82, 2.24) is 0 Å². The largest absolute Gasteiger partial charge is 0.111 e. The average Bonchev–Trinajstić information content (AvgIpc) is 3.27. The third-order valence-electron chi connectivity index (χ3n) is 9.08. The number of hydrogen-bond acceptors (Lipinski definition) is 0. The standard InChI is InChI=1S/C27H44Si2/c1-17(2)21-11-10-19(5)14-23(21)20-15-25-26(16-20)29(8,9)27-22(18(3)4)12-13-24(27)28(25,6)7/h12-13,15-23H,10-11,14H2,1-9H3/t19-,20?,21+,22?,23+/m1/s1. The molecule has 0 bridgehead atoms. The molecule has 3 aliphatic carbocycles. The summed E-state index contributed by atoms with van der Waals surface area (Å²) in [5.74, 6) is 5.62. The van der Waals surface area contributed by atoms with E-state index in [0.29, 0.717) is 11.8 Å². The van der Waals surface area contributed by atoms with Crippen LogP contribution in [0.4, 0.5) is 0 Å². The predicted octanol–water partition coefficient (Wildman–Crippen LogP) is 7.90. The maximum absolute atomic E-state index is 2.83. The van der Waals surface area contributed by atoms with Crippen LogP contribution >= 0.6 is 0 Å². The zero-order chi connectivity index (χ0) is 21.3. The lowest BCUT2D eigenvalue weighted by atomic mass is 9.66. The van der Waals surface area contributed by atoms with Gasteiger partial charge in [0.15, 0.2) is 0 Å². The predicted molar refractivity (Wildman–Crippen MR) is 134 cm³/mol. The van der Waals surface area contributed by atoms with Gasteiger partial charge in [0, 0.05) is 0 Å². The van der Waals surface area contributed by atoms with E-state index in [9.17, 15) is 0 Å². The van der Waals surface area contributed by atoms with Crippen molar-refractivity contribution >= 4 is 16.1 Å². The lowest BCUT2D eigenvalue weighted by molar-refractivity contribution is 0.124. The van der Waals surface area contributed by atoms with E-state index in [1.807, 2.05) is 20.8 Å². The van der Waals surface area contributed by atoms with E-state index in [0.717, 1.165) is 29.6 Å². The molecule has 160 valence electrons. The Bertz CT molecular complexity index is 802. The molecule has 1 heterocycles. The summed E-state index contributed by atoms with van der Waals surface area (Å²) >= 11 is 0. The highest BCUT2D eigenvalue weighted by molar-refractivity contribution is 7.04. The topological polar surface area (TPSA) is 0 Å². The van der Waals surface area contributed by atoms with Crippen LogP contribution < -0.4 is 0 Å². The Labute approximate surface area is 182 Å². The van der Waals surface area contributed by atoms with Gasteiger partial charge in [-0.15, -0.1) is 0 Å². The van der Waals surface area contributed by atoms with Crippen LogP contribution in [-0.4, -0.2) is 16.1 Å². The Hall–Kier alpha value is -0.606. The third kappa shape index (κ3) is 3.28. The normalized spacial score (nSPS) is 37.7. The molecule has 4 aliphatic rings. The third-order valence-corrected chi connectivity index (χ3v) is 16.9. The van der Waals surface area contributed by atoms with Gasteiger partial charge in [-0.1, -0.05) is 112 Å². The minimum Gasteiger partial charge on any atom is -0.0778 e. The van der Waals surface area contributed by atoms with Gasteiger partial charge in [-0.25, -0.2) is 0 Å². The van der Waals surface area contributed by atoms with E-state index in [2.05, 4.69) is 85.1 Å². The zero-order valence-corrected chi connectivity index (χ0v) is 22.5. The number of rotatable bonds is 3. The molecule has 0 saturated heterocycles. The zero-order valence-electron chi connectivity index (χ0n) is 20.5. The Morgan fingerprint density at radius 3 is 2.07 bits per heavy atom. The van der Waals surface area contributed by atoms with Crippen molar-refractivity contribution < 1.29 is 0 Å². The van der Waals surface area contributed by atoms with Crippen LogP contribution in [0.5, 0.6) is 0 Å². The molecule has 1 fully saturated rings. The van der Waals surface area contributed by atoms with Crippen LogP contribution in [0.1, 0.15) is 53.9 Å². The first-order valence-electron chi connectivity index (χ1n) is 12.3. The highest BCUT2D eigenvalue weighted by atomic mass is 28.3. The summed E-state index contributed by atoms with van der Waals surface area (Å²) in [6, 6.07) is 0. The molecule has 0 spiro atoms. The first-order valence-corrected chi connectivity index (χ1v) is 18.3. The van der Waals surface area contributed by atoms with Crippen molar-refractivity contribution in [2.45, 2.75) is 80.1 Å². The smallest absolute Gasteiger partial charge is 0.0778 e. The van der Waals surface area contributed by atoms with Crippen LogP contribution in [0.25, 0.3) is 0 Å². The maximum Gasteiger partial charge on any atom is 0.111 e. The van der Waals surface area contributed by atoms with Crippen molar-refractivity contribution in [2.75, 3.05) is 0 Å². The van der Waals surface area contributed by atoms with Crippen molar-refractivity contribution in [3.63, 3.8) is 0 Å². The Morgan fingerprint density at radius 1 is 0.862 bits per heavy atom. The van der Waals surface area contributed by atoms with Crippen molar-refractivity contribution in [1.29, 1.82) is 0 Å². The molecule has 1 saturated carbocycles. The first-order chi connectivity index (χ1) is 13.5. The number of fused-ring (bicyclic) bond motifs is 1. The minimum atomic E-state index is -1.59. The van der Waals surface area contributed by atoms with Gasteiger partial charge >= 0.3 is 0 Å². The van der Waals surface area contributed by atoms with Gasteiger partial charge in [0.1, 0.15) is 16.1 Å². The van der Waals surface area contributed by atoms with Crippen LogP contribution in [0, 0.1) is 41.4 Å². The molecule has 0 N–H and O–H groups in total. The molecular weight excluding hydrogens is 380 g/mol. The highest BCUT2D eigenvalue weighted by Gasteiger charge is 2.53. The molecule has 2 heteroatoms. The van der Waals surface area contributed by atoms with E-state index in [1.54, 1.807) is 0 Å². The molecular formula is C27H44Si2. The summed E-state index contributed by atoms with van der Waals surface area (Å²) in [6.45, 7) is 22.9. The Balaban J connectivity index is 1.78. The summed E-state index contributed by atoms with van der Waals surface area (Å²) in [7, 11) is -3.17. The lowest BCUT2D eigenvalue weighted by Crippen LogP contribution is -2.49. The van der Waals surface area contributed by atoms with Crippen LogP contribution in [-0.2, 0) is 0 Å². The van der Waals surface area contributed by atoms with Gasteiger partial charge in [0.05, 0.1) is 0 Å². The first kappa shape index (κ1) is 21.6. The van der Waals surface area contributed by atoms with Gasteiger partial charge in [-0.05, 0) is 54.3 Å². The van der Waals surface area contributed by atoms with Gasteiger partial charge in [0.25, 0.3) is 0 Å². The molecule has 0 radical (unpaired) electrons. The van der Waals surface area contributed by atoms with Crippen LogP contribution in [0.3, 0.4) is 0 Å². The van der Waals surface area contributed by atoms with Crippen LogP contribution in [0.15, 0.2) is 45.1 Å². The lowest BCUT2D eigenvalue weighted by Gasteiger charge is -2.44. The Kier molecular flexibility index (Phi) is 5.39. The molecule has 0 amide bonds. The second-order valence-electron chi connectivity index (χ2n) is 12.4. The molecule has 4 rings (SSSR count). The fourth-order valence-electron chi connectivity index (χ4n) is 7.38. The summed E-state index contributed by atoms with van der Waals surface area (Å²) in [5, 5.41) is 7.42. The fourth-order valence-corrected chi connectivity index (χ4v) is 17.8. The quantitative estimate of drug-likeness (QED) is 0.404. The van der Waals surface area contributed by atoms with E-state index < -0.39 is 16.1 Å². The molecule has 1 aliphatic heterocycles. The molecule has 0 aromatic heterocycles. The highest BCUT2D eigenvalue weighted by Crippen LogP contribution is 2.55. The summed E-state index contributed by atoms with van der Waals surface area (Å²) < 4.78 is 0. The van der Waals surface area contributed by atoms with E-state index in [-0.39, 0.29) is 0 Å². The second-order valence-corrected chi connectivity index (χ2v) is 21.1. The number of allylic oxidation sites excluding steroid dienone is 8. The second kappa shape index (κ2) is 7.22. The fraction of sp³-hybridized carbons (Fsp3) is 0.704. The van der Waals surface area contributed by atoms with E-state index in [1.165, 1.54) is 19.3 Å². The van der Waals surface area contributed by atoms with E-state index >= 15 is 0 Å². The number of hydrogen-bond donors (Lipinski definition) is 0. The molecule has 2 unspecified atom stereocenters. The average molecular weight is 425 g/mol. The van der Waals surface area contributed by atoms with Crippen molar-refractivity contribution in [3.05, 3.63) is 45.1 Å². The molecule has 5 atom stereocenters. The summed E-state index contributed by atoms with van der Waals surface area (Å²) in [5.41, 5.74) is 0. The van der Waals surface area contributed by atoms with Crippen LogP contribution in [0.2, 0.25) is 26.2 Å². The van der Waals surface area contributed by atoms with Gasteiger partial charge in [-0.3, -0.25) is 0 Å². The van der Waals surface area contributed by atoms with Crippen molar-refractivity contribution in [3.8, 4) is 0 Å². The summed E-state index contributed by atoms with van der Waals surface area (Å²) in [6.07, 6.45) is 15.1. The molecule has 29 heavy (non-hydrogen) atoms. The molecule has 0 nitrogen and oxygen atoms in total.